The van der Waals surface area contributed by atoms with Gasteiger partial charge in [0.25, 0.3) is 5.91 Å². The standard InChI is InChI=1S/C17H15N5O4/c23-16(13-14(17(24)25)19-6-5-18-13)20-9-3-4-10-11(8-9)22-15(21-10)12-2-1-7-26-12/h3-6,8,12H,1-2,7H2,(H,20,23)(H,21,22)(H,24,25)/t12-/m0/s1. The second-order valence-corrected chi connectivity index (χ2v) is 5.87. The molecule has 9 nitrogen and oxygen atoms in total. The summed E-state index contributed by atoms with van der Waals surface area (Å²) < 4.78 is 5.62. The van der Waals surface area contributed by atoms with E-state index < -0.39 is 17.6 Å². The third-order valence-corrected chi connectivity index (χ3v) is 4.11. The Labute approximate surface area is 147 Å². The van der Waals surface area contributed by atoms with Gasteiger partial charge in [0.1, 0.15) is 11.9 Å². The monoisotopic (exact) mass is 353 g/mol. The minimum absolute atomic E-state index is 0.0295. The molecule has 0 saturated carbocycles. The van der Waals surface area contributed by atoms with Crippen LogP contribution in [-0.4, -0.2) is 43.5 Å². The first-order valence-electron chi connectivity index (χ1n) is 8.09. The van der Waals surface area contributed by atoms with Crippen molar-refractivity contribution in [1.82, 2.24) is 19.9 Å². The van der Waals surface area contributed by atoms with Crippen LogP contribution in [-0.2, 0) is 4.74 Å². The Morgan fingerprint density at radius 2 is 2.04 bits per heavy atom. The van der Waals surface area contributed by atoms with Crippen LogP contribution >= 0.6 is 0 Å². The molecule has 1 aliphatic rings. The summed E-state index contributed by atoms with van der Waals surface area (Å²) in [4.78, 5) is 38.8. The van der Waals surface area contributed by atoms with Crippen LogP contribution in [0.15, 0.2) is 30.6 Å². The Balaban J connectivity index is 1.59. The molecule has 0 bridgehead atoms. The maximum Gasteiger partial charge on any atom is 0.356 e. The molecule has 2 aromatic heterocycles. The number of amides is 1. The lowest BCUT2D eigenvalue weighted by Gasteiger charge is -2.06. The van der Waals surface area contributed by atoms with Gasteiger partial charge in [-0.2, -0.15) is 0 Å². The number of hydrogen-bond donors (Lipinski definition) is 3. The number of anilines is 1. The molecule has 0 unspecified atom stereocenters. The fourth-order valence-electron chi connectivity index (χ4n) is 2.90. The summed E-state index contributed by atoms with van der Waals surface area (Å²) in [5.74, 6) is -1.19. The molecule has 1 saturated heterocycles. The van der Waals surface area contributed by atoms with Gasteiger partial charge in [0.2, 0.25) is 0 Å². The number of ether oxygens (including phenoxy) is 1. The Kier molecular flexibility index (Phi) is 4.05. The molecule has 3 aromatic rings. The quantitative estimate of drug-likeness (QED) is 0.655. The lowest BCUT2D eigenvalue weighted by atomic mass is 10.2. The summed E-state index contributed by atoms with van der Waals surface area (Å²) in [6.07, 6.45) is 4.40. The van der Waals surface area contributed by atoms with Crippen LogP contribution in [0.25, 0.3) is 11.0 Å². The van der Waals surface area contributed by atoms with Crippen molar-refractivity contribution < 1.29 is 19.4 Å². The van der Waals surface area contributed by atoms with Crippen molar-refractivity contribution >= 4 is 28.6 Å². The maximum absolute atomic E-state index is 12.4. The fourth-order valence-corrected chi connectivity index (χ4v) is 2.90. The zero-order valence-corrected chi connectivity index (χ0v) is 13.6. The first kappa shape index (κ1) is 16.2. The van der Waals surface area contributed by atoms with Crippen LogP contribution in [0, 0.1) is 0 Å². The number of fused-ring (bicyclic) bond motifs is 1. The number of carboxylic acid groups (broad SMARTS) is 1. The van der Waals surface area contributed by atoms with Gasteiger partial charge in [-0.1, -0.05) is 0 Å². The van der Waals surface area contributed by atoms with Gasteiger partial charge >= 0.3 is 5.97 Å². The number of hydrogen-bond acceptors (Lipinski definition) is 6. The average molecular weight is 353 g/mol. The van der Waals surface area contributed by atoms with E-state index in [4.69, 9.17) is 9.84 Å². The van der Waals surface area contributed by atoms with Crippen molar-refractivity contribution in [2.75, 3.05) is 11.9 Å². The van der Waals surface area contributed by atoms with E-state index >= 15 is 0 Å². The lowest BCUT2D eigenvalue weighted by molar-refractivity contribution is 0.0685. The Morgan fingerprint density at radius 1 is 1.23 bits per heavy atom. The molecule has 1 fully saturated rings. The third-order valence-electron chi connectivity index (χ3n) is 4.11. The SMILES string of the molecule is O=C(O)c1nccnc1C(=O)Nc1ccc2nc([C@@H]3CCCO3)[nH]c2c1. The zero-order valence-electron chi connectivity index (χ0n) is 13.6. The van der Waals surface area contributed by atoms with Crippen molar-refractivity contribution in [3.05, 3.63) is 47.8 Å². The molecule has 0 aliphatic carbocycles. The number of nitrogens with one attached hydrogen (secondary N) is 2. The molecule has 1 amide bonds. The van der Waals surface area contributed by atoms with E-state index in [1.807, 2.05) is 0 Å². The molecule has 1 aliphatic heterocycles. The van der Waals surface area contributed by atoms with Gasteiger partial charge in [-0.15, -0.1) is 0 Å². The summed E-state index contributed by atoms with van der Waals surface area (Å²) in [5.41, 5.74) is 1.37. The predicted octanol–water partition coefficient (Wildman–Crippen LogP) is 2.15. The second kappa shape index (κ2) is 6.52. The van der Waals surface area contributed by atoms with Crippen LogP contribution in [0.1, 0.15) is 45.7 Å². The Morgan fingerprint density at radius 3 is 2.77 bits per heavy atom. The molecule has 26 heavy (non-hydrogen) atoms. The Bertz CT molecular complexity index is 994. The predicted molar refractivity (Wildman–Crippen MR) is 91.0 cm³/mol. The number of imidazole rings is 1. The van der Waals surface area contributed by atoms with E-state index in [2.05, 4.69) is 25.3 Å². The van der Waals surface area contributed by atoms with Crippen LogP contribution in [0.2, 0.25) is 0 Å². The molecular weight excluding hydrogens is 338 g/mol. The average Bonchev–Trinajstić information content (AvgIpc) is 3.30. The van der Waals surface area contributed by atoms with E-state index in [1.54, 1.807) is 18.2 Å². The largest absolute Gasteiger partial charge is 0.476 e. The molecule has 1 aromatic carbocycles. The molecule has 4 rings (SSSR count). The van der Waals surface area contributed by atoms with Crippen molar-refractivity contribution in [3.63, 3.8) is 0 Å². The van der Waals surface area contributed by atoms with Gasteiger partial charge < -0.3 is 20.1 Å². The minimum Gasteiger partial charge on any atom is -0.476 e. The number of aromatic nitrogens is 4. The first-order chi connectivity index (χ1) is 12.6. The highest BCUT2D eigenvalue weighted by Gasteiger charge is 2.22. The first-order valence-corrected chi connectivity index (χ1v) is 8.09. The minimum atomic E-state index is -1.31. The highest BCUT2D eigenvalue weighted by molar-refractivity contribution is 6.08. The number of H-pyrrole nitrogens is 1. The smallest absolute Gasteiger partial charge is 0.356 e. The molecule has 132 valence electrons. The van der Waals surface area contributed by atoms with Crippen LogP contribution < -0.4 is 5.32 Å². The summed E-state index contributed by atoms with van der Waals surface area (Å²) in [7, 11) is 0. The topological polar surface area (TPSA) is 130 Å². The van der Waals surface area contributed by atoms with Crippen LogP contribution in [0.5, 0.6) is 0 Å². The molecular formula is C17H15N5O4. The van der Waals surface area contributed by atoms with Crippen molar-refractivity contribution in [2.24, 2.45) is 0 Å². The number of carbonyl (C=O) groups is 2. The summed E-state index contributed by atoms with van der Waals surface area (Å²) in [6.45, 7) is 0.729. The van der Waals surface area contributed by atoms with Gasteiger partial charge in [-0.25, -0.2) is 19.7 Å². The van der Waals surface area contributed by atoms with Gasteiger partial charge in [0.15, 0.2) is 11.4 Å². The number of aromatic amines is 1. The van der Waals surface area contributed by atoms with Gasteiger partial charge in [-0.3, -0.25) is 4.79 Å². The number of benzene rings is 1. The van der Waals surface area contributed by atoms with E-state index in [1.165, 1.54) is 12.4 Å². The van der Waals surface area contributed by atoms with Crippen molar-refractivity contribution in [3.8, 4) is 0 Å². The number of aromatic carboxylic acids is 1. The summed E-state index contributed by atoms with van der Waals surface area (Å²) in [6, 6.07) is 5.20. The normalized spacial score (nSPS) is 16.7. The third kappa shape index (κ3) is 3.00. The van der Waals surface area contributed by atoms with E-state index in [-0.39, 0.29) is 11.8 Å². The Hall–Kier alpha value is -3.33. The molecule has 0 spiro atoms. The number of carbonyl (C=O) groups excluding carboxylic acids is 1. The fraction of sp³-hybridized carbons (Fsp3) is 0.235. The summed E-state index contributed by atoms with van der Waals surface area (Å²) >= 11 is 0. The molecule has 3 N–H and O–H groups in total. The molecule has 1 atom stereocenters. The highest BCUT2D eigenvalue weighted by Crippen LogP contribution is 2.28. The van der Waals surface area contributed by atoms with Crippen LogP contribution in [0.4, 0.5) is 5.69 Å². The molecule has 9 heteroatoms. The number of rotatable bonds is 4. The van der Waals surface area contributed by atoms with Gasteiger partial charge in [0.05, 0.1) is 11.0 Å². The number of nitrogens with zero attached hydrogens (tertiary/aromatic N) is 3. The number of carboxylic acids is 1. The summed E-state index contributed by atoms with van der Waals surface area (Å²) in [5, 5.41) is 11.8. The van der Waals surface area contributed by atoms with Crippen molar-refractivity contribution in [1.29, 1.82) is 0 Å². The van der Waals surface area contributed by atoms with E-state index in [0.29, 0.717) is 5.69 Å². The highest BCUT2D eigenvalue weighted by atomic mass is 16.5. The lowest BCUT2D eigenvalue weighted by Crippen LogP contribution is -2.19. The van der Waals surface area contributed by atoms with E-state index in [9.17, 15) is 9.59 Å². The van der Waals surface area contributed by atoms with Gasteiger partial charge in [-0.05, 0) is 31.0 Å². The van der Waals surface area contributed by atoms with Gasteiger partial charge in [0, 0.05) is 24.7 Å². The second-order valence-electron chi connectivity index (χ2n) is 5.87. The van der Waals surface area contributed by atoms with E-state index in [0.717, 1.165) is 36.3 Å². The zero-order chi connectivity index (χ0) is 18.1. The molecule has 0 radical (unpaired) electrons. The van der Waals surface area contributed by atoms with Crippen molar-refractivity contribution in [2.45, 2.75) is 18.9 Å². The van der Waals surface area contributed by atoms with Crippen LogP contribution in [0.3, 0.4) is 0 Å². The molecule has 3 heterocycles. The maximum atomic E-state index is 12.4.